The Bertz CT molecular complexity index is 738. The maximum Gasteiger partial charge on any atom is 0.270 e. The van der Waals surface area contributed by atoms with Gasteiger partial charge in [0, 0.05) is 18.5 Å². The van der Waals surface area contributed by atoms with E-state index in [1.165, 1.54) is 6.08 Å². The molecule has 4 nitrogen and oxygen atoms in total. The topological polar surface area (TPSA) is 53.4 Å². The van der Waals surface area contributed by atoms with Crippen molar-refractivity contribution >= 4 is 12.0 Å². The number of nitrogens with zero attached hydrogens (tertiary/aromatic N) is 2. The Morgan fingerprint density at radius 2 is 2.22 bits per heavy atom. The Labute approximate surface area is 162 Å². The van der Waals surface area contributed by atoms with E-state index >= 15 is 0 Å². The number of carbonyl (C=O) groups excluding carboxylic acids is 1. The minimum absolute atomic E-state index is 0.0454. The molecule has 1 N–H and O–H groups in total. The third-order valence-corrected chi connectivity index (χ3v) is 5.70. The van der Waals surface area contributed by atoms with E-state index in [0.29, 0.717) is 5.92 Å². The van der Waals surface area contributed by atoms with E-state index in [-0.39, 0.29) is 17.9 Å². The highest BCUT2D eigenvalue weighted by Crippen LogP contribution is 2.48. The molecule has 0 radical (unpaired) electrons. The molecule has 1 aromatic heterocycles. The molecule has 1 amide bonds. The summed E-state index contributed by atoms with van der Waals surface area (Å²) in [6.45, 7) is 16.7. The van der Waals surface area contributed by atoms with Gasteiger partial charge in [-0.3, -0.25) is 15.0 Å². The molecule has 1 saturated carbocycles. The van der Waals surface area contributed by atoms with Crippen LogP contribution in [0.15, 0.2) is 67.6 Å². The van der Waals surface area contributed by atoms with Gasteiger partial charge in [-0.1, -0.05) is 43.4 Å². The highest BCUT2D eigenvalue weighted by atomic mass is 16.5. The van der Waals surface area contributed by atoms with E-state index in [1.807, 2.05) is 12.1 Å². The van der Waals surface area contributed by atoms with Crippen LogP contribution in [0.3, 0.4) is 0 Å². The first kappa shape index (κ1) is 20.8. The molecule has 1 heterocycles. The predicted octanol–water partition coefficient (Wildman–Crippen LogP) is 5.05. The summed E-state index contributed by atoms with van der Waals surface area (Å²) in [7, 11) is 0. The lowest BCUT2D eigenvalue weighted by Gasteiger charge is -2.44. The van der Waals surface area contributed by atoms with Crippen molar-refractivity contribution < 1.29 is 10.0 Å². The number of aromatic nitrogens is 1. The Balaban J connectivity index is 1.96. The molecular formula is C23H30N2O2. The highest BCUT2D eigenvalue weighted by Gasteiger charge is 2.39. The first-order valence-corrected chi connectivity index (χ1v) is 9.32. The molecule has 0 unspecified atom stereocenters. The molecule has 1 fully saturated rings. The van der Waals surface area contributed by atoms with Crippen LogP contribution in [0.2, 0.25) is 0 Å². The van der Waals surface area contributed by atoms with Crippen LogP contribution in [0.25, 0.3) is 6.08 Å². The SMILES string of the molecule is C=C[C@]1(C)CC[C@@H](C(=C)CN(O)C(=O)/C=C/c2cccnc2)C[C@H]1C(=C)C. The summed E-state index contributed by atoms with van der Waals surface area (Å²) in [6.07, 6.45) is 11.2. The quantitative estimate of drug-likeness (QED) is 0.318. The largest absolute Gasteiger partial charge is 0.285 e. The second kappa shape index (κ2) is 8.96. The first-order chi connectivity index (χ1) is 12.8. The molecule has 2 rings (SSSR count). The molecule has 0 saturated heterocycles. The van der Waals surface area contributed by atoms with Gasteiger partial charge in [0.1, 0.15) is 0 Å². The summed E-state index contributed by atoms with van der Waals surface area (Å²) in [5, 5.41) is 10.9. The van der Waals surface area contributed by atoms with E-state index < -0.39 is 5.91 Å². The molecule has 1 aliphatic rings. The molecule has 27 heavy (non-hydrogen) atoms. The van der Waals surface area contributed by atoms with Crippen molar-refractivity contribution in [1.29, 1.82) is 0 Å². The molecular weight excluding hydrogens is 336 g/mol. The van der Waals surface area contributed by atoms with Crippen molar-refractivity contribution in [2.45, 2.75) is 33.1 Å². The number of carbonyl (C=O) groups is 1. The monoisotopic (exact) mass is 366 g/mol. The number of rotatable bonds is 7. The number of hydrogen-bond acceptors (Lipinski definition) is 3. The lowest BCUT2D eigenvalue weighted by Crippen LogP contribution is -2.36. The Kier molecular flexibility index (Phi) is 6.92. The maximum atomic E-state index is 12.2. The van der Waals surface area contributed by atoms with Gasteiger partial charge in [0.2, 0.25) is 0 Å². The predicted molar refractivity (Wildman–Crippen MR) is 110 cm³/mol. The van der Waals surface area contributed by atoms with Crippen molar-refractivity contribution in [3.8, 4) is 0 Å². The zero-order valence-corrected chi connectivity index (χ0v) is 16.4. The molecule has 0 bridgehead atoms. The summed E-state index contributed by atoms with van der Waals surface area (Å²) in [5.74, 6) is 0.117. The summed E-state index contributed by atoms with van der Waals surface area (Å²) in [4.78, 5) is 16.1. The van der Waals surface area contributed by atoms with Crippen LogP contribution in [0, 0.1) is 17.3 Å². The van der Waals surface area contributed by atoms with Crippen LogP contribution in [0.5, 0.6) is 0 Å². The van der Waals surface area contributed by atoms with Crippen LogP contribution >= 0.6 is 0 Å². The van der Waals surface area contributed by atoms with Gasteiger partial charge >= 0.3 is 0 Å². The average molecular weight is 367 g/mol. The molecule has 3 atom stereocenters. The van der Waals surface area contributed by atoms with Crippen molar-refractivity contribution in [1.82, 2.24) is 10.0 Å². The van der Waals surface area contributed by atoms with Crippen LogP contribution in [0.1, 0.15) is 38.7 Å². The summed E-state index contributed by atoms with van der Waals surface area (Å²) >= 11 is 0. The van der Waals surface area contributed by atoms with Crippen LogP contribution in [-0.4, -0.2) is 27.7 Å². The van der Waals surface area contributed by atoms with E-state index in [1.54, 1.807) is 24.5 Å². The number of hydrogen-bond donors (Lipinski definition) is 1. The van der Waals surface area contributed by atoms with Crippen molar-refractivity contribution in [2.75, 3.05) is 6.54 Å². The fourth-order valence-corrected chi connectivity index (χ4v) is 3.84. The van der Waals surface area contributed by atoms with Crippen molar-refractivity contribution in [3.05, 3.63) is 73.1 Å². The van der Waals surface area contributed by atoms with Gasteiger partial charge in [-0.25, -0.2) is 5.06 Å². The number of amides is 1. The van der Waals surface area contributed by atoms with E-state index in [0.717, 1.165) is 41.0 Å². The van der Waals surface area contributed by atoms with Gasteiger partial charge in [0.05, 0.1) is 6.54 Å². The molecule has 0 aliphatic heterocycles. The second-order valence-corrected chi connectivity index (χ2v) is 7.75. The third kappa shape index (κ3) is 5.27. The van der Waals surface area contributed by atoms with E-state index in [2.05, 4.69) is 38.6 Å². The number of allylic oxidation sites excluding steroid dienone is 2. The minimum atomic E-state index is -0.469. The van der Waals surface area contributed by atoms with Crippen LogP contribution in [0.4, 0.5) is 0 Å². The molecule has 0 spiro atoms. The number of hydroxylamine groups is 2. The van der Waals surface area contributed by atoms with Gasteiger partial charge in [-0.2, -0.15) is 0 Å². The lowest BCUT2D eigenvalue weighted by atomic mass is 9.61. The summed E-state index contributed by atoms with van der Waals surface area (Å²) in [5.41, 5.74) is 2.87. The van der Waals surface area contributed by atoms with Crippen molar-refractivity contribution in [2.24, 2.45) is 17.3 Å². The normalized spacial score (nSPS) is 25.1. The Morgan fingerprint density at radius 1 is 1.48 bits per heavy atom. The zero-order chi connectivity index (χ0) is 20.0. The molecule has 1 aromatic rings. The fraction of sp³-hybridized carbons (Fsp3) is 0.391. The standard InChI is InChI=1S/C23H30N2O2/c1-6-23(5)12-11-20(14-21(23)17(2)3)18(4)16-25(27)22(26)10-9-19-8-7-13-24-15-19/h6-10,13,15,20-21,27H,1-2,4,11-12,14,16H2,3,5H3/b10-9+/t20-,21+,23-/m1/s1. The molecule has 144 valence electrons. The maximum absolute atomic E-state index is 12.2. The lowest BCUT2D eigenvalue weighted by molar-refractivity contribution is -0.157. The molecule has 4 heteroatoms. The van der Waals surface area contributed by atoms with Crippen molar-refractivity contribution in [3.63, 3.8) is 0 Å². The first-order valence-electron chi connectivity index (χ1n) is 9.32. The summed E-state index contributed by atoms with van der Waals surface area (Å²) < 4.78 is 0. The minimum Gasteiger partial charge on any atom is -0.285 e. The highest BCUT2D eigenvalue weighted by molar-refractivity contribution is 5.91. The summed E-state index contributed by atoms with van der Waals surface area (Å²) in [6, 6.07) is 3.63. The van der Waals surface area contributed by atoms with E-state index in [4.69, 9.17) is 0 Å². The smallest absolute Gasteiger partial charge is 0.270 e. The Morgan fingerprint density at radius 3 is 2.81 bits per heavy atom. The fourth-order valence-electron chi connectivity index (χ4n) is 3.84. The van der Waals surface area contributed by atoms with Crippen LogP contribution in [-0.2, 0) is 4.79 Å². The molecule has 0 aromatic carbocycles. The Hall–Kier alpha value is -2.46. The number of pyridine rings is 1. The molecule has 1 aliphatic carbocycles. The van der Waals surface area contributed by atoms with Gasteiger partial charge in [-0.05, 0) is 61.1 Å². The second-order valence-electron chi connectivity index (χ2n) is 7.75. The average Bonchev–Trinajstić information content (AvgIpc) is 2.66. The van der Waals surface area contributed by atoms with Gasteiger partial charge in [-0.15, -0.1) is 6.58 Å². The van der Waals surface area contributed by atoms with Crippen LogP contribution < -0.4 is 0 Å². The van der Waals surface area contributed by atoms with Gasteiger partial charge in [0.15, 0.2) is 0 Å². The zero-order valence-electron chi connectivity index (χ0n) is 16.4. The van der Waals surface area contributed by atoms with Gasteiger partial charge in [0.25, 0.3) is 5.91 Å². The van der Waals surface area contributed by atoms with E-state index in [9.17, 15) is 10.0 Å². The third-order valence-electron chi connectivity index (χ3n) is 5.70. The van der Waals surface area contributed by atoms with Gasteiger partial charge < -0.3 is 0 Å².